The Labute approximate surface area is 112 Å². The lowest BCUT2D eigenvalue weighted by molar-refractivity contribution is 0.543. The van der Waals surface area contributed by atoms with Gasteiger partial charge < -0.3 is 11.1 Å². The smallest absolute Gasteiger partial charge is 0.287 e. The second kappa shape index (κ2) is 7.38. The molecule has 0 bridgehead atoms. The summed E-state index contributed by atoms with van der Waals surface area (Å²) in [5, 5.41) is 7.34. The fourth-order valence-electron chi connectivity index (χ4n) is 1.44. The molecule has 5 nitrogen and oxygen atoms in total. The fourth-order valence-corrected chi connectivity index (χ4v) is 1.65. The van der Waals surface area contributed by atoms with Crippen molar-refractivity contribution in [3.8, 4) is 0 Å². The maximum Gasteiger partial charge on any atom is 0.287 e. The number of rotatable bonds is 7. The zero-order valence-corrected chi connectivity index (χ0v) is 11.7. The lowest BCUT2D eigenvalue weighted by Gasteiger charge is -2.13. The molecule has 1 unspecified atom stereocenters. The van der Waals surface area contributed by atoms with E-state index in [4.69, 9.17) is 17.3 Å². The Morgan fingerprint density at radius 3 is 2.89 bits per heavy atom. The van der Waals surface area contributed by atoms with Crippen LogP contribution in [0.2, 0.25) is 5.02 Å². The van der Waals surface area contributed by atoms with Crippen LogP contribution in [0.25, 0.3) is 0 Å². The predicted molar refractivity (Wildman–Crippen MR) is 75.2 cm³/mol. The van der Waals surface area contributed by atoms with Gasteiger partial charge in [-0.3, -0.25) is 4.79 Å². The lowest BCUT2D eigenvalue weighted by Crippen LogP contribution is -2.30. The van der Waals surface area contributed by atoms with Gasteiger partial charge in [-0.25, -0.2) is 4.68 Å². The molecule has 0 radical (unpaired) electrons. The number of nitrogens with one attached hydrogen (secondary N) is 1. The first kappa shape index (κ1) is 15.0. The molecule has 1 heterocycles. The second-order valence-corrected chi connectivity index (χ2v) is 4.68. The van der Waals surface area contributed by atoms with Crippen molar-refractivity contribution in [3.05, 3.63) is 21.6 Å². The first-order valence-electron chi connectivity index (χ1n) is 6.35. The van der Waals surface area contributed by atoms with E-state index < -0.39 is 0 Å². The zero-order valence-electron chi connectivity index (χ0n) is 10.9. The van der Waals surface area contributed by atoms with E-state index in [9.17, 15) is 4.79 Å². The van der Waals surface area contributed by atoms with Crippen LogP contribution in [0.4, 0.5) is 5.69 Å². The van der Waals surface area contributed by atoms with Crippen molar-refractivity contribution in [2.24, 2.45) is 5.73 Å². The molecule has 18 heavy (non-hydrogen) atoms. The number of hydrogen-bond acceptors (Lipinski definition) is 4. The molecule has 0 saturated heterocycles. The first-order valence-corrected chi connectivity index (χ1v) is 6.73. The molecule has 6 heteroatoms. The first-order chi connectivity index (χ1) is 8.60. The summed E-state index contributed by atoms with van der Waals surface area (Å²) in [4.78, 5) is 11.9. The lowest BCUT2D eigenvalue weighted by atomic mass is 10.2. The second-order valence-electron chi connectivity index (χ2n) is 4.30. The van der Waals surface area contributed by atoms with E-state index in [-0.39, 0.29) is 16.6 Å². The minimum atomic E-state index is -0.250. The van der Waals surface area contributed by atoms with Crippen LogP contribution in [0.5, 0.6) is 0 Å². The van der Waals surface area contributed by atoms with Crippen LogP contribution < -0.4 is 16.6 Å². The Kier molecular flexibility index (Phi) is 6.15. The molecule has 1 aromatic heterocycles. The summed E-state index contributed by atoms with van der Waals surface area (Å²) in [5.74, 6) is 0. The number of aryl methyl sites for hydroxylation is 1. The van der Waals surface area contributed by atoms with Gasteiger partial charge in [-0.05, 0) is 12.8 Å². The molecule has 0 aromatic carbocycles. The Balaban J connectivity index is 2.77. The van der Waals surface area contributed by atoms with Crippen molar-refractivity contribution >= 4 is 17.3 Å². The van der Waals surface area contributed by atoms with Gasteiger partial charge in [-0.1, -0.05) is 31.9 Å². The molecular weight excluding hydrogens is 252 g/mol. The Morgan fingerprint density at radius 2 is 2.28 bits per heavy atom. The van der Waals surface area contributed by atoms with E-state index in [0.29, 0.717) is 18.8 Å². The minimum Gasteiger partial charge on any atom is -0.381 e. The van der Waals surface area contributed by atoms with Crippen LogP contribution in [0.15, 0.2) is 11.0 Å². The molecule has 0 fully saturated rings. The number of hydrogen-bond donors (Lipinski definition) is 2. The van der Waals surface area contributed by atoms with Crippen molar-refractivity contribution in [1.82, 2.24) is 9.78 Å². The van der Waals surface area contributed by atoms with E-state index in [2.05, 4.69) is 17.3 Å². The molecule has 0 aliphatic heterocycles. The summed E-state index contributed by atoms with van der Waals surface area (Å²) < 4.78 is 1.40. The third-order valence-electron chi connectivity index (χ3n) is 2.79. The number of anilines is 1. The van der Waals surface area contributed by atoms with Gasteiger partial charge in [0.2, 0.25) is 0 Å². The van der Waals surface area contributed by atoms with Crippen molar-refractivity contribution in [2.75, 3.05) is 11.9 Å². The normalized spacial score (nSPS) is 12.4. The van der Waals surface area contributed by atoms with Crippen LogP contribution in [0, 0.1) is 0 Å². The average Bonchev–Trinajstić information content (AvgIpc) is 2.39. The molecule has 1 aromatic rings. The van der Waals surface area contributed by atoms with Crippen molar-refractivity contribution < 1.29 is 0 Å². The SMILES string of the molecule is CCCCn1ncc(NCC(N)CC)c(Cl)c1=O. The van der Waals surface area contributed by atoms with Gasteiger partial charge >= 0.3 is 0 Å². The van der Waals surface area contributed by atoms with Crippen molar-refractivity contribution in [3.63, 3.8) is 0 Å². The van der Waals surface area contributed by atoms with Gasteiger partial charge in [0.05, 0.1) is 11.9 Å². The van der Waals surface area contributed by atoms with Crippen molar-refractivity contribution in [1.29, 1.82) is 0 Å². The van der Waals surface area contributed by atoms with Gasteiger partial charge in [0, 0.05) is 19.1 Å². The van der Waals surface area contributed by atoms with Crippen LogP contribution in [0.1, 0.15) is 33.1 Å². The quantitative estimate of drug-likeness (QED) is 0.794. The minimum absolute atomic E-state index is 0.0450. The monoisotopic (exact) mass is 272 g/mol. The largest absolute Gasteiger partial charge is 0.381 e. The highest BCUT2D eigenvalue weighted by molar-refractivity contribution is 6.32. The topological polar surface area (TPSA) is 72.9 Å². The number of aromatic nitrogens is 2. The highest BCUT2D eigenvalue weighted by atomic mass is 35.5. The molecule has 0 amide bonds. The van der Waals surface area contributed by atoms with Gasteiger partial charge in [0.15, 0.2) is 0 Å². The molecular formula is C12H21ClN4O. The van der Waals surface area contributed by atoms with E-state index in [1.165, 1.54) is 4.68 Å². The molecule has 102 valence electrons. The third-order valence-corrected chi connectivity index (χ3v) is 3.15. The van der Waals surface area contributed by atoms with E-state index >= 15 is 0 Å². The molecule has 3 N–H and O–H groups in total. The fraction of sp³-hybridized carbons (Fsp3) is 0.667. The third kappa shape index (κ3) is 3.99. The predicted octanol–water partition coefficient (Wildman–Crippen LogP) is 1.85. The summed E-state index contributed by atoms with van der Waals surface area (Å²) in [6.07, 6.45) is 4.38. The molecule has 0 aliphatic carbocycles. The maximum absolute atomic E-state index is 11.9. The Bertz CT molecular complexity index is 433. The summed E-state index contributed by atoms with van der Waals surface area (Å²) in [5.41, 5.74) is 6.10. The van der Waals surface area contributed by atoms with E-state index in [1.807, 2.05) is 6.92 Å². The maximum atomic E-state index is 11.9. The van der Waals surface area contributed by atoms with Gasteiger partial charge in [0.1, 0.15) is 5.02 Å². The van der Waals surface area contributed by atoms with Crippen LogP contribution in [-0.2, 0) is 6.54 Å². The highest BCUT2D eigenvalue weighted by Gasteiger charge is 2.09. The standard InChI is InChI=1S/C12H21ClN4O/c1-3-5-6-17-12(18)11(13)10(8-16-17)15-7-9(14)4-2/h8-9,15H,3-7,14H2,1-2H3. The van der Waals surface area contributed by atoms with E-state index in [0.717, 1.165) is 19.3 Å². The summed E-state index contributed by atoms with van der Waals surface area (Å²) >= 11 is 6.03. The van der Waals surface area contributed by atoms with E-state index in [1.54, 1.807) is 6.20 Å². The van der Waals surface area contributed by atoms with Gasteiger partial charge in [-0.2, -0.15) is 5.10 Å². The van der Waals surface area contributed by atoms with Gasteiger partial charge in [-0.15, -0.1) is 0 Å². The van der Waals surface area contributed by atoms with Gasteiger partial charge in [0.25, 0.3) is 5.56 Å². The molecule has 0 spiro atoms. The molecule has 1 atom stereocenters. The highest BCUT2D eigenvalue weighted by Crippen LogP contribution is 2.15. The average molecular weight is 273 g/mol. The van der Waals surface area contributed by atoms with Crippen LogP contribution in [0.3, 0.4) is 0 Å². The Morgan fingerprint density at radius 1 is 1.56 bits per heavy atom. The summed E-state index contributed by atoms with van der Waals surface area (Å²) in [6.45, 7) is 5.25. The number of nitrogens with zero attached hydrogens (tertiary/aromatic N) is 2. The molecule has 0 saturated carbocycles. The number of nitrogens with two attached hydrogens (primary N) is 1. The van der Waals surface area contributed by atoms with Crippen molar-refractivity contribution in [2.45, 2.75) is 45.7 Å². The van der Waals surface area contributed by atoms with Crippen LogP contribution in [-0.4, -0.2) is 22.4 Å². The number of unbranched alkanes of at least 4 members (excludes halogenated alkanes) is 1. The Hall–Kier alpha value is -1.07. The number of halogens is 1. The molecule has 0 aliphatic rings. The summed E-state index contributed by atoms with van der Waals surface area (Å²) in [7, 11) is 0. The zero-order chi connectivity index (χ0) is 13.5. The molecule has 1 rings (SSSR count). The van der Waals surface area contributed by atoms with Crippen LogP contribution >= 0.6 is 11.6 Å². The summed E-state index contributed by atoms with van der Waals surface area (Å²) in [6, 6.07) is 0.0450.